The first kappa shape index (κ1) is 22.1. The minimum atomic E-state index is -0.269. The largest absolute Gasteiger partial charge is 0.457 e. The molecule has 2 unspecified atom stereocenters. The number of unbranched alkanes of at least 4 members (excludes halogenated alkanes) is 7. The van der Waals surface area contributed by atoms with Crippen LogP contribution in [0.5, 0.6) is 0 Å². The van der Waals surface area contributed by atoms with Crippen LogP contribution >= 0.6 is 0 Å². The fourth-order valence-electron chi connectivity index (χ4n) is 4.17. The van der Waals surface area contributed by atoms with Crippen molar-refractivity contribution in [2.24, 2.45) is 5.92 Å². The first-order chi connectivity index (χ1) is 14.6. The van der Waals surface area contributed by atoms with E-state index in [0.29, 0.717) is 12.0 Å². The lowest BCUT2D eigenvalue weighted by atomic mass is 9.93. The van der Waals surface area contributed by atoms with Gasteiger partial charge in [0.2, 0.25) is 0 Å². The summed E-state index contributed by atoms with van der Waals surface area (Å²) < 4.78 is 13.0. The fourth-order valence-corrected chi connectivity index (χ4v) is 4.17. The molecule has 29 heavy (non-hydrogen) atoms. The van der Waals surface area contributed by atoms with Gasteiger partial charge >= 0.3 is 5.97 Å². The highest BCUT2D eigenvalue weighted by Crippen LogP contribution is 2.27. The van der Waals surface area contributed by atoms with Crippen molar-refractivity contribution in [3.8, 4) is 0 Å². The van der Waals surface area contributed by atoms with Crippen molar-refractivity contribution in [1.29, 1.82) is 0 Å². The first-order valence-corrected chi connectivity index (χ1v) is 11.8. The molecule has 2 rings (SSSR count). The molecular formula is C26H40O3. The molecule has 0 heterocycles. The third kappa shape index (κ3) is 11.2. The Kier molecular flexibility index (Phi) is 11.6. The number of rotatable bonds is 14. The summed E-state index contributed by atoms with van der Waals surface area (Å²) in [6.45, 7) is -0.159. The third-order valence-corrected chi connectivity index (χ3v) is 6.00. The molecule has 0 spiro atoms. The SMILES string of the molecule is [2H]C1CCCC(CCCCCCCCCCC(=O)OCC(=O)c2ccccc2)CC1. The van der Waals surface area contributed by atoms with E-state index in [4.69, 9.17) is 6.11 Å². The second-order valence-corrected chi connectivity index (χ2v) is 8.48. The van der Waals surface area contributed by atoms with Crippen molar-refractivity contribution >= 4 is 11.8 Å². The van der Waals surface area contributed by atoms with E-state index in [1.54, 1.807) is 24.3 Å². The van der Waals surface area contributed by atoms with Crippen LogP contribution in [-0.2, 0) is 9.53 Å². The highest BCUT2D eigenvalue weighted by molar-refractivity contribution is 5.97. The maximum absolute atomic E-state index is 11.9. The molecule has 0 radical (unpaired) electrons. The van der Waals surface area contributed by atoms with Crippen LogP contribution in [0.1, 0.15) is 114 Å². The number of Topliss-reactive ketones (excluding diaryl/α,β-unsaturated/α-hetero) is 1. The van der Waals surface area contributed by atoms with Gasteiger partial charge in [0.15, 0.2) is 12.4 Å². The van der Waals surface area contributed by atoms with E-state index in [1.165, 1.54) is 64.2 Å². The van der Waals surface area contributed by atoms with Crippen LogP contribution in [0.2, 0.25) is 0 Å². The van der Waals surface area contributed by atoms with Gasteiger partial charge in [0.1, 0.15) is 0 Å². The van der Waals surface area contributed by atoms with Gasteiger partial charge in [0.25, 0.3) is 0 Å². The van der Waals surface area contributed by atoms with Gasteiger partial charge in [-0.1, -0.05) is 120 Å². The summed E-state index contributed by atoms with van der Waals surface area (Å²) in [6, 6.07) is 8.94. The van der Waals surface area contributed by atoms with Crippen molar-refractivity contribution in [2.45, 2.75) is 103 Å². The Balaban J connectivity index is 1.37. The van der Waals surface area contributed by atoms with Crippen molar-refractivity contribution < 1.29 is 15.7 Å². The highest BCUT2D eigenvalue weighted by atomic mass is 16.5. The van der Waals surface area contributed by atoms with Crippen molar-refractivity contribution in [3.05, 3.63) is 35.9 Å². The van der Waals surface area contributed by atoms with Crippen molar-refractivity contribution in [3.63, 3.8) is 0 Å². The van der Waals surface area contributed by atoms with E-state index in [-0.39, 0.29) is 24.8 Å². The van der Waals surface area contributed by atoms with Crippen LogP contribution in [0.3, 0.4) is 0 Å². The molecule has 0 amide bonds. The molecule has 1 aliphatic rings. The number of ether oxygens (including phenoxy) is 1. The Morgan fingerprint density at radius 1 is 0.862 bits per heavy atom. The molecule has 1 aliphatic carbocycles. The Labute approximate surface area is 179 Å². The van der Waals surface area contributed by atoms with Crippen LogP contribution in [0.15, 0.2) is 30.3 Å². The topological polar surface area (TPSA) is 43.4 Å². The molecule has 0 aliphatic heterocycles. The quantitative estimate of drug-likeness (QED) is 0.142. The van der Waals surface area contributed by atoms with Crippen LogP contribution in [0, 0.1) is 5.92 Å². The van der Waals surface area contributed by atoms with Crippen LogP contribution in [0.25, 0.3) is 0 Å². The third-order valence-electron chi connectivity index (χ3n) is 6.00. The van der Waals surface area contributed by atoms with Gasteiger partial charge in [-0.25, -0.2) is 0 Å². The van der Waals surface area contributed by atoms with Crippen LogP contribution < -0.4 is 0 Å². The monoisotopic (exact) mass is 401 g/mol. The maximum Gasteiger partial charge on any atom is 0.306 e. The Bertz CT molecular complexity index is 602. The summed E-state index contributed by atoms with van der Waals surface area (Å²) in [5, 5.41) is 0. The van der Waals surface area contributed by atoms with E-state index < -0.39 is 0 Å². The second kappa shape index (κ2) is 15.2. The molecule has 0 N–H and O–H groups in total. The second-order valence-electron chi connectivity index (χ2n) is 8.48. The molecule has 1 aromatic rings. The highest BCUT2D eigenvalue weighted by Gasteiger charge is 2.11. The molecule has 2 atom stereocenters. The lowest BCUT2D eigenvalue weighted by Crippen LogP contribution is -2.13. The minimum Gasteiger partial charge on any atom is -0.457 e. The summed E-state index contributed by atoms with van der Waals surface area (Å²) >= 11 is 0. The number of esters is 1. The predicted octanol–water partition coefficient (Wildman–Crippen LogP) is 7.28. The van der Waals surface area contributed by atoms with E-state index >= 15 is 0 Å². The summed E-state index contributed by atoms with van der Waals surface area (Å²) in [5.74, 6) is 0.459. The summed E-state index contributed by atoms with van der Waals surface area (Å²) in [5.41, 5.74) is 0.584. The smallest absolute Gasteiger partial charge is 0.306 e. The Morgan fingerprint density at radius 2 is 1.52 bits per heavy atom. The van der Waals surface area contributed by atoms with Gasteiger partial charge in [-0.05, 0) is 12.3 Å². The van der Waals surface area contributed by atoms with E-state index in [9.17, 15) is 9.59 Å². The standard InChI is InChI=1S/C26H40O3/c27-25(24-19-13-9-14-20-24)22-29-26(28)21-15-6-4-2-1-3-5-10-16-23-17-11-7-8-12-18-23/h9,13-14,19-20,23H,1-8,10-12,15-18,21-22H2/i7D. The number of hydrogen-bond donors (Lipinski definition) is 0. The molecule has 1 saturated carbocycles. The summed E-state index contributed by atoms with van der Waals surface area (Å²) in [7, 11) is 0. The zero-order chi connectivity index (χ0) is 21.4. The average Bonchev–Trinajstić information content (AvgIpc) is 2.98. The van der Waals surface area contributed by atoms with Crippen molar-refractivity contribution in [1.82, 2.24) is 0 Å². The minimum absolute atomic E-state index is 0.149. The molecule has 1 fully saturated rings. The van der Waals surface area contributed by atoms with Gasteiger partial charge < -0.3 is 4.74 Å². The number of carbonyl (C=O) groups excluding carboxylic acids is 2. The van der Waals surface area contributed by atoms with Gasteiger partial charge in [-0.3, -0.25) is 9.59 Å². The zero-order valence-corrected chi connectivity index (χ0v) is 18.1. The molecular weight excluding hydrogens is 360 g/mol. The van der Waals surface area contributed by atoms with Gasteiger partial charge in [0, 0.05) is 13.4 Å². The fraction of sp³-hybridized carbons (Fsp3) is 0.692. The van der Waals surface area contributed by atoms with Crippen LogP contribution in [0.4, 0.5) is 0 Å². The number of benzene rings is 1. The summed E-state index contributed by atoms with van der Waals surface area (Å²) in [6.07, 6.45) is 17.7. The summed E-state index contributed by atoms with van der Waals surface area (Å²) in [4.78, 5) is 23.7. The van der Waals surface area contributed by atoms with E-state index in [1.807, 2.05) is 6.07 Å². The number of carbonyl (C=O) groups is 2. The molecule has 0 aromatic heterocycles. The Hall–Kier alpha value is -1.64. The van der Waals surface area contributed by atoms with Crippen molar-refractivity contribution in [2.75, 3.05) is 6.61 Å². The van der Waals surface area contributed by atoms with Gasteiger partial charge in [-0.15, -0.1) is 0 Å². The zero-order valence-electron chi connectivity index (χ0n) is 19.1. The first-order valence-electron chi connectivity index (χ1n) is 12.4. The molecule has 3 nitrogen and oxygen atoms in total. The lowest BCUT2D eigenvalue weighted by Gasteiger charge is -2.13. The molecule has 0 bridgehead atoms. The Morgan fingerprint density at radius 3 is 2.28 bits per heavy atom. The average molecular weight is 402 g/mol. The normalized spacial score (nSPS) is 19.9. The molecule has 162 valence electrons. The van der Waals surface area contributed by atoms with E-state index in [2.05, 4.69) is 0 Å². The maximum atomic E-state index is 11.9. The molecule has 0 saturated heterocycles. The predicted molar refractivity (Wildman–Crippen MR) is 119 cm³/mol. The lowest BCUT2D eigenvalue weighted by molar-refractivity contribution is -0.142. The van der Waals surface area contributed by atoms with E-state index in [0.717, 1.165) is 31.6 Å². The number of hydrogen-bond acceptors (Lipinski definition) is 3. The number of ketones is 1. The van der Waals surface area contributed by atoms with Gasteiger partial charge in [-0.2, -0.15) is 0 Å². The van der Waals surface area contributed by atoms with Crippen LogP contribution in [-0.4, -0.2) is 18.4 Å². The molecule has 1 aromatic carbocycles. The van der Waals surface area contributed by atoms with Gasteiger partial charge in [0.05, 0.1) is 0 Å². The molecule has 3 heteroatoms.